The fraction of sp³-hybridized carbons (Fsp3) is 0.444. The predicted molar refractivity (Wildman–Crippen MR) is 104 cm³/mol. The molecule has 1 fully saturated rings. The number of H-pyrrole nitrogens is 1. The van der Waals surface area contributed by atoms with Gasteiger partial charge in [0, 0.05) is 31.9 Å². The van der Waals surface area contributed by atoms with Gasteiger partial charge in [-0.2, -0.15) is 4.31 Å². The minimum absolute atomic E-state index is 0.0308. The number of carbonyl (C=O) groups excluding carboxylic acids is 1. The van der Waals surface area contributed by atoms with Crippen molar-refractivity contribution in [2.24, 2.45) is 0 Å². The minimum Gasteiger partial charge on any atom is -0.340 e. The Labute approximate surface area is 162 Å². The van der Waals surface area contributed by atoms with Gasteiger partial charge >= 0.3 is 4.87 Å². The van der Waals surface area contributed by atoms with E-state index in [-0.39, 0.29) is 34.0 Å². The molecule has 2 aromatic rings. The van der Waals surface area contributed by atoms with Crippen LogP contribution in [0.4, 0.5) is 0 Å². The Morgan fingerprint density at radius 2 is 1.81 bits per heavy atom. The Hall–Kier alpha value is -1.97. The summed E-state index contributed by atoms with van der Waals surface area (Å²) in [6.07, 6.45) is 0.692. The van der Waals surface area contributed by atoms with Gasteiger partial charge in [-0.25, -0.2) is 8.42 Å². The highest BCUT2D eigenvalue weighted by molar-refractivity contribution is 7.91. The summed E-state index contributed by atoms with van der Waals surface area (Å²) in [6, 6.07) is 9.65. The molecule has 1 saturated heterocycles. The summed E-state index contributed by atoms with van der Waals surface area (Å²) in [4.78, 5) is 28.2. The summed E-state index contributed by atoms with van der Waals surface area (Å²) in [5, 5.41) is 0. The van der Waals surface area contributed by atoms with E-state index in [1.54, 1.807) is 11.8 Å². The second-order valence-electron chi connectivity index (χ2n) is 6.53. The van der Waals surface area contributed by atoms with Crippen molar-refractivity contribution in [1.82, 2.24) is 14.2 Å². The number of hydrogen-bond donors (Lipinski definition) is 1. The average molecular weight is 410 g/mol. The Kier molecular flexibility index (Phi) is 5.83. The molecule has 1 aromatic carbocycles. The third-order valence-corrected chi connectivity index (χ3v) is 8.29. The molecule has 2 heterocycles. The molecule has 0 radical (unpaired) electrons. The van der Waals surface area contributed by atoms with Gasteiger partial charge in [-0.05, 0) is 18.9 Å². The number of hydrogen-bond acceptors (Lipinski definition) is 5. The van der Waals surface area contributed by atoms with Crippen LogP contribution in [0.1, 0.15) is 30.5 Å². The Bertz CT molecular complexity index is 958. The van der Waals surface area contributed by atoms with Crippen LogP contribution in [0.25, 0.3) is 0 Å². The van der Waals surface area contributed by atoms with Crippen LogP contribution >= 0.6 is 11.3 Å². The molecule has 1 aliphatic heterocycles. The molecule has 7 nitrogen and oxygen atoms in total. The normalized spacial score (nSPS) is 17.0. The molecule has 0 aliphatic carbocycles. The van der Waals surface area contributed by atoms with Crippen LogP contribution in [0.15, 0.2) is 39.3 Å². The third-order valence-electron chi connectivity index (χ3n) is 4.81. The largest absolute Gasteiger partial charge is 0.340 e. The van der Waals surface area contributed by atoms with Gasteiger partial charge in [-0.15, -0.1) is 0 Å². The first-order chi connectivity index (χ1) is 12.8. The second-order valence-corrected chi connectivity index (χ2v) is 9.64. The van der Waals surface area contributed by atoms with Gasteiger partial charge in [-0.1, -0.05) is 48.6 Å². The van der Waals surface area contributed by atoms with Crippen molar-refractivity contribution < 1.29 is 13.2 Å². The molecule has 1 N–H and O–H groups in total. The number of aryl methyl sites for hydroxylation is 1. The molecule has 9 heteroatoms. The Morgan fingerprint density at radius 3 is 2.33 bits per heavy atom. The van der Waals surface area contributed by atoms with Crippen molar-refractivity contribution in [3.05, 3.63) is 51.3 Å². The second kappa shape index (κ2) is 7.95. The number of aromatic amines is 1. The number of nitrogens with zero attached hydrogens (tertiary/aromatic N) is 2. The molecule has 1 amide bonds. The van der Waals surface area contributed by atoms with E-state index in [0.717, 1.165) is 5.56 Å². The van der Waals surface area contributed by atoms with Gasteiger partial charge in [-0.3, -0.25) is 9.59 Å². The Balaban J connectivity index is 1.70. The van der Waals surface area contributed by atoms with Gasteiger partial charge in [0.2, 0.25) is 5.91 Å². The fourth-order valence-electron chi connectivity index (χ4n) is 3.36. The van der Waals surface area contributed by atoms with Crippen molar-refractivity contribution in [1.29, 1.82) is 0 Å². The van der Waals surface area contributed by atoms with E-state index < -0.39 is 10.0 Å². The number of aromatic nitrogens is 1. The third kappa shape index (κ3) is 3.99. The van der Waals surface area contributed by atoms with E-state index in [1.165, 1.54) is 4.31 Å². The maximum absolute atomic E-state index is 12.9. The highest BCUT2D eigenvalue weighted by atomic mass is 32.2. The van der Waals surface area contributed by atoms with Crippen LogP contribution < -0.4 is 4.87 Å². The predicted octanol–water partition coefficient (Wildman–Crippen LogP) is 1.77. The van der Waals surface area contributed by atoms with E-state index in [0.29, 0.717) is 36.5 Å². The van der Waals surface area contributed by atoms with Crippen molar-refractivity contribution >= 4 is 27.3 Å². The molecular formula is C18H23N3O4S2. The van der Waals surface area contributed by atoms with Gasteiger partial charge in [0.05, 0.1) is 5.92 Å². The average Bonchev–Trinajstić information content (AvgIpc) is 3.02. The number of benzene rings is 1. The molecule has 3 rings (SSSR count). The number of rotatable bonds is 5. The molecular weight excluding hydrogens is 386 g/mol. The van der Waals surface area contributed by atoms with Crippen molar-refractivity contribution in [3.8, 4) is 0 Å². The summed E-state index contributed by atoms with van der Waals surface area (Å²) in [6.45, 7) is 4.71. The standard InChI is InChI=1S/C18H23N3O4S2/c1-3-15(14-7-5-4-6-8-14)16(22)20-9-11-21(12-10-20)27(24,25)17-13(2)19-18(23)26-17/h4-8,15H,3,9-12H2,1-2H3,(H,19,23). The topological polar surface area (TPSA) is 90.6 Å². The number of thiazole rings is 1. The van der Waals surface area contributed by atoms with E-state index in [4.69, 9.17) is 0 Å². The molecule has 0 spiro atoms. The smallest absolute Gasteiger partial charge is 0.305 e. The molecule has 1 atom stereocenters. The van der Waals surface area contributed by atoms with Gasteiger partial charge < -0.3 is 9.88 Å². The van der Waals surface area contributed by atoms with Crippen molar-refractivity contribution in [2.75, 3.05) is 26.2 Å². The maximum Gasteiger partial charge on any atom is 0.305 e. The van der Waals surface area contributed by atoms with Crippen LogP contribution in [-0.2, 0) is 14.8 Å². The molecule has 0 saturated carbocycles. The first-order valence-corrected chi connectivity index (χ1v) is 11.1. The molecule has 0 bridgehead atoms. The summed E-state index contributed by atoms with van der Waals surface area (Å²) >= 11 is 0.707. The van der Waals surface area contributed by atoms with E-state index in [2.05, 4.69) is 4.98 Å². The monoisotopic (exact) mass is 409 g/mol. The summed E-state index contributed by atoms with van der Waals surface area (Å²) < 4.78 is 27.0. The lowest BCUT2D eigenvalue weighted by atomic mass is 9.95. The molecule has 27 heavy (non-hydrogen) atoms. The van der Waals surface area contributed by atoms with Gasteiger partial charge in [0.15, 0.2) is 4.21 Å². The van der Waals surface area contributed by atoms with Crippen LogP contribution in [0, 0.1) is 6.92 Å². The lowest BCUT2D eigenvalue weighted by molar-refractivity contribution is -0.134. The maximum atomic E-state index is 12.9. The van der Waals surface area contributed by atoms with Crippen LogP contribution in [-0.4, -0.2) is 54.7 Å². The van der Waals surface area contributed by atoms with Crippen LogP contribution in [0.2, 0.25) is 0 Å². The molecule has 1 unspecified atom stereocenters. The number of amides is 1. The lowest BCUT2D eigenvalue weighted by Crippen LogP contribution is -2.51. The van der Waals surface area contributed by atoms with Gasteiger partial charge in [0.25, 0.3) is 10.0 Å². The number of carbonyl (C=O) groups is 1. The van der Waals surface area contributed by atoms with E-state index in [1.807, 2.05) is 37.3 Å². The zero-order valence-corrected chi connectivity index (χ0v) is 17.0. The van der Waals surface area contributed by atoms with E-state index >= 15 is 0 Å². The quantitative estimate of drug-likeness (QED) is 0.815. The first-order valence-electron chi connectivity index (χ1n) is 8.88. The fourth-order valence-corrected chi connectivity index (χ4v) is 6.22. The van der Waals surface area contributed by atoms with Crippen LogP contribution in [0.5, 0.6) is 0 Å². The highest BCUT2D eigenvalue weighted by Gasteiger charge is 2.34. The molecule has 1 aromatic heterocycles. The first kappa shape index (κ1) is 19.8. The zero-order valence-electron chi connectivity index (χ0n) is 15.3. The number of piperazine rings is 1. The minimum atomic E-state index is -3.72. The highest BCUT2D eigenvalue weighted by Crippen LogP contribution is 2.25. The summed E-state index contributed by atoms with van der Waals surface area (Å²) in [5.41, 5.74) is 1.34. The van der Waals surface area contributed by atoms with Gasteiger partial charge in [0.1, 0.15) is 0 Å². The summed E-state index contributed by atoms with van der Waals surface area (Å²) in [5.74, 6) is -0.185. The number of nitrogens with one attached hydrogen (secondary N) is 1. The molecule has 1 aliphatic rings. The Morgan fingerprint density at radius 1 is 1.19 bits per heavy atom. The van der Waals surface area contributed by atoms with Crippen LogP contribution in [0.3, 0.4) is 0 Å². The van der Waals surface area contributed by atoms with Crippen molar-refractivity contribution in [2.45, 2.75) is 30.4 Å². The SMILES string of the molecule is CCC(C(=O)N1CCN(S(=O)(=O)c2sc(=O)[nH]c2C)CC1)c1ccccc1. The lowest BCUT2D eigenvalue weighted by Gasteiger charge is -2.35. The molecule has 146 valence electrons. The number of sulfonamides is 1. The van der Waals surface area contributed by atoms with Crippen molar-refractivity contribution in [3.63, 3.8) is 0 Å². The zero-order chi connectivity index (χ0) is 19.6. The summed E-state index contributed by atoms with van der Waals surface area (Å²) in [7, 11) is -3.72. The van der Waals surface area contributed by atoms with E-state index in [9.17, 15) is 18.0 Å².